The molecule has 0 atom stereocenters. The molecule has 1 aliphatic rings. The molecule has 0 radical (unpaired) electrons. The van der Waals surface area contributed by atoms with E-state index < -0.39 is 0 Å². The average Bonchev–Trinajstić information content (AvgIpc) is 3.36. The second-order valence-electron chi connectivity index (χ2n) is 7.60. The van der Waals surface area contributed by atoms with Crippen molar-refractivity contribution in [2.75, 3.05) is 11.1 Å². The number of aromatic nitrogens is 3. The number of thiophene rings is 2. The van der Waals surface area contributed by atoms with Crippen molar-refractivity contribution in [2.45, 2.75) is 64.6 Å². The molecule has 0 aromatic carbocycles. The molecule has 0 bridgehead atoms. The Kier molecular flexibility index (Phi) is 6.80. The van der Waals surface area contributed by atoms with E-state index in [4.69, 9.17) is 0 Å². The van der Waals surface area contributed by atoms with Gasteiger partial charge in [0.05, 0.1) is 11.3 Å². The second kappa shape index (κ2) is 9.55. The van der Waals surface area contributed by atoms with Crippen LogP contribution in [-0.2, 0) is 24.2 Å². The Morgan fingerprint density at radius 3 is 2.81 bits per heavy atom. The zero-order chi connectivity index (χ0) is 22.0. The largest absolute Gasteiger partial charge is 0.316 e. The Morgan fingerprint density at radius 2 is 2.10 bits per heavy atom. The van der Waals surface area contributed by atoms with Crippen molar-refractivity contribution >= 4 is 45.3 Å². The van der Waals surface area contributed by atoms with Gasteiger partial charge in [0.2, 0.25) is 5.91 Å². The van der Waals surface area contributed by atoms with Crippen molar-refractivity contribution in [1.82, 2.24) is 14.8 Å². The third kappa shape index (κ3) is 4.43. The SMILES string of the molecule is CCn1c(SCC(=O)Nc2sc3c(c2C#N)CCCCC3)nnc1-c1csc(C)c1C. The normalized spacial score (nSPS) is 13.5. The zero-order valence-electron chi connectivity index (χ0n) is 17.9. The number of fused-ring (bicyclic) bond motifs is 1. The van der Waals surface area contributed by atoms with Crippen LogP contribution in [0.2, 0.25) is 0 Å². The number of nitrogens with one attached hydrogen (secondary N) is 1. The lowest BCUT2D eigenvalue weighted by Crippen LogP contribution is -2.14. The summed E-state index contributed by atoms with van der Waals surface area (Å²) in [5.41, 5.74) is 4.13. The maximum absolute atomic E-state index is 12.7. The molecule has 0 saturated heterocycles. The highest BCUT2D eigenvalue weighted by atomic mass is 32.2. The lowest BCUT2D eigenvalue weighted by Gasteiger charge is -2.07. The van der Waals surface area contributed by atoms with E-state index in [2.05, 4.69) is 52.3 Å². The molecule has 3 aromatic rings. The quantitative estimate of drug-likeness (QED) is 0.375. The van der Waals surface area contributed by atoms with Crippen molar-refractivity contribution in [1.29, 1.82) is 5.26 Å². The van der Waals surface area contributed by atoms with Crippen molar-refractivity contribution in [3.63, 3.8) is 0 Å². The molecule has 0 unspecified atom stereocenters. The molecule has 0 spiro atoms. The maximum Gasteiger partial charge on any atom is 0.235 e. The van der Waals surface area contributed by atoms with Crippen molar-refractivity contribution < 1.29 is 4.79 Å². The van der Waals surface area contributed by atoms with Crippen LogP contribution in [0.25, 0.3) is 11.4 Å². The smallest absolute Gasteiger partial charge is 0.235 e. The van der Waals surface area contributed by atoms with Crippen LogP contribution in [0.3, 0.4) is 0 Å². The van der Waals surface area contributed by atoms with Crippen LogP contribution < -0.4 is 5.32 Å². The molecule has 4 rings (SSSR count). The van der Waals surface area contributed by atoms with Crippen LogP contribution in [0, 0.1) is 25.2 Å². The van der Waals surface area contributed by atoms with Crippen LogP contribution in [0.5, 0.6) is 0 Å². The molecule has 0 saturated carbocycles. The minimum absolute atomic E-state index is 0.118. The predicted molar refractivity (Wildman–Crippen MR) is 128 cm³/mol. The number of anilines is 1. The molecule has 162 valence electrons. The van der Waals surface area contributed by atoms with Gasteiger partial charge in [-0.3, -0.25) is 4.79 Å². The fourth-order valence-corrected chi connectivity index (χ4v) is 6.78. The first-order valence-corrected chi connectivity index (χ1v) is 13.2. The van der Waals surface area contributed by atoms with Crippen molar-refractivity contribution in [3.05, 3.63) is 31.8 Å². The molecule has 3 heterocycles. The Morgan fingerprint density at radius 1 is 1.29 bits per heavy atom. The van der Waals surface area contributed by atoms with Gasteiger partial charge in [-0.15, -0.1) is 32.9 Å². The van der Waals surface area contributed by atoms with Crippen LogP contribution >= 0.6 is 34.4 Å². The molecule has 1 N–H and O–H groups in total. The lowest BCUT2D eigenvalue weighted by molar-refractivity contribution is -0.113. The van der Waals surface area contributed by atoms with E-state index in [0.29, 0.717) is 10.6 Å². The first-order valence-electron chi connectivity index (χ1n) is 10.5. The highest BCUT2D eigenvalue weighted by Gasteiger charge is 2.22. The highest BCUT2D eigenvalue weighted by Crippen LogP contribution is 2.37. The van der Waals surface area contributed by atoms with Crippen LogP contribution in [0.15, 0.2) is 10.5 Å². The van der Waals surface area contributed by atoms with Crippen LogP contribution in [-0.4, -0.2) is 26.4 Å². The standard InChI is InChI=1S/C22H25N5OS3/c1-4-27-20(17-11-29-14(3)13(17)2)25-26-22(27)30-12-19(28)24-21-16(10-23)15-8-6-5-7-9-18(15)31-21/h11H,4-9,12H2,1-3H3,(H,24,28). The fourth-order valence-electron chi connectivity index (χ4n) is 3.86. The van der Waals surface area contributed by atoms with Gasteiger partial charge in [-0.25, -0.2) is 0 Å². The van der Waals surface area contributed by atoms with Crippen molar-refractivity contribution in [3.8, 4) is 17.5 Å². The number of hydrogen-bond donors (Lipinski definition) is 1. The van der Waals surface area contributed by atoms with E-state index in [9.17, 15) is 10.1 Å². The number of thioether (sulfide) groups is 1. The molecular weight excluding hydrogens is 446 g/mol. The number of rotatable bonds is 6. The lowest BCUT2D eigenvalue weighted by atomic mass is 10.1. The number of nitriles is 1. The second-order valence-corrected chi connectivity index (χ2v) is 10.7. The van der Waals surface area contributed by atoms with Gasteiger partial charge >= 0.3 is 0 Å². The van der Waals surface area contributed by atoms with E-state index in [-0.39, 0.29) is 11.7 Å². The third-order valence-corrected chi connectivity index (χ3v) is 8.87. The summed E-state index contributed by atoms with van der Waals surface area (Å²) in [6, 6.07) is 2.32. The Bertz CT molecular complexity index is 1150. The summed E-state index contributed by atoms with van der Waals surface area (Å²) < 4.78 is 2.06. The summed E-state index contributed by atoms with van der Waals surface area (Å²) in [5.74, 6) is 0.960. The molecular formula is C22H25N5OS3. The van der Waals surface area contributed by atoms with E-state index in [0.717, 1.165) is 54.3 Å². The van der Waals surface area contributed by atoms with Gasteiger partial charge in [-0.2, -0.15) is 5.26 Å². The third-order valence-electron chi connectivity index (χ3n) is 5.68. The van der Waals surface area contributed by atoms with E-state index in [1.165, 1.54) is 33.5 Å². The average molecular weight is 472 g/mol. The summed E-state index contributed by atoms with van der Waals surface area (Å²) in [5, 5.41) is 24.9. The molecule has 31 heavy (non-hydrogen) atoms. The van der Waals surface area contributed by atoms with Gasteiger partial charge in [0.1, 0.15) is 11.1 Å². The van der Waals surface area contributed by atoms with Gasteiger partial charge < -0.3 is 9.88 Å². The molecule has 3 aromatic heterocycles. The van der Waals surface area contributed by atoms with Gasteiger partial charge in [0.15, 0.2) is 11.0 Å². The summed E-state index contributed by atoms with van der Waals surface area (Å²) in [4.78, 5) is 15.2. The van der Waals surface area contributed by atoms with Crippen LogP contribution in [0.4, 0.5) is 5.00 Å². The fraction of sp³-hybridized carbons (Fsp3) is 0.455. The van der Waals surface area contributed by atoms with Gasteiger partial charge in [-0.05, 0) is 57.6 Å². The number of hydrogen-bond acceptors (Lipinski definition) is 7. The minimum atomic E-state index is -0.118. The first-order chi connectivity index (χ1) is 15.0. The molecule has 9 heteroatoms. The Balaban J connectivity index is 1.47. The molecule has 0 aliphatic heterocycles. The Hall–Kier alpha value is -2.15. The maximum atomic E-state index is 12.7. The number of nitrogens with zero attached hydrogens (tertiary/aromatic N) is 4. The van der Waals surface area contributed by atoms with E-state index >= 15 is 0 Å². The summed E-state index contributed by atoms with van der Waals surface area (Å²) in [6.45, 7) is 7.00. The topological polar surface area (TPSA) is 83.6 Å². The molecule has 1 amide bonds. The number of amides is 1. The molecule has 6 nitrogen and oxygen atoms in total. The van der Waals surface area contributed by atoms with Gasteiger partial charge in [0.25, 0.3) is 0 Å². The van der Waals surface area contributed by atoms with Crippen LogP contribution in [0.1, 0.15) is 52.6 Å². The predicted octanol–water partition coefficient (Wildman–Crippen LogP) is 5.58. The van der Waals surface area contributed by atoms with Crippen molar-refractivity contribution in [2.24, 2.45) is 0 Å². The van der Waals surface area contributed by atoms with Gasteiger partial charge in [0, 0.05) is 27.2 Å². The summed E-state index contributed by atoms with van der Waals surface area (Å²) in [7, 11) is 0. The van der Waals surface area contributed by atoms with E-state index in [1.807, 2.05) is 0 Å². The van der Waals surface area contributed by atoms with Gasteiger partial charge in [-0.1, -0.05) is 18.2 Å². The molecule has 1 aliphatic carbocycles. The minimum Gasteiger partial charge on any atom is -0.316 e. The number of aryl methyl sites for hydroxylation is 2. The zero-order valence-corrected chi connectivity index (χ0v) is 20.4. The van der Waals surface area contributed by atoms with E-state index in [1.54, 1.807) is 22.7 Å². The number of carbonyl (C=O) groups excluding carboxylic acids is 1. The summed E-state index contributed by atoms with van der Waals surface area (Å²) >= 11 is 4.66. The first kappa shape index (κ1) is 22.1. The highest BCUT2D eigenvalue weighted by molar-refractivity contribution is 7.99. The molecule has 0 fully saturated rings. The Labute approximate surface area is 194 Å². The monoisotopic (exact) mass is 471 g/mol. The number of carbonyl (C=O) groups is 1. The summed E-state index contributed by atoms with van der Waals surface area (Å²) in [6.07, 6.45) is 5.40.